The SMILES string of the molecule is CCCC1C(Oc2csc(C(F)(F)F)c2)CCCN1C(=O)c1cnccc1C(F)(F)F. The Morgan fingerprint density at radius 1 is 1.26 bits per heavy atom. The highest BCUT2D eigenvalue weighted by atomic mass is 32.1. The van der Waals surface area contributed by atoms with E-state index in [0.717, 1.165) is 24.5 Å². The summed E-state index contributed by atoms with van der Waals surface area (Å²) < 4.78 is 84.5. The second-order valence-electron chi connectivity index (χ2n) is 7.22. The van der Waals surface area contributed by atoms with Gasteiger partial charge < -0.3 is 9.64 Å². The molecule has 0 aliphatic carbocycles. The fraction of sp³-hybridized carbons (Fsp3) is 0.500. The summed E-state index contributed by atoms with van der Waals surface area (Å²) in [6.07, 6.45) is -5.98. The molecule has 0 radical (unpaired) electrons. The number of pyridine rings is 1. The van der Waals surface area contributed by atoms with Crippen molar-refractivity contribution in [3.63, 3.8) is 0 Å². The highest BCUT2D eigenvalue weighted by molar-refractivity contribution is 7.10. The predicted molar refractivity (Wildman–Crippen MR) is 102 cm³/mol. The average molecular weight is 466 g/mol. The quantitative estimate of drug-likeness (QED) is 0.505. The van der Waals surface area contributed by atoms with Gasteiger partial charge in [0, 0.05) is 30.4 Å². The maximum absolute atomic E-state index is 13.4. The first-order chi connectivity index (χ1) is 14.5. The third kappa shape index (κ3) is 5.31. The lowest BCUT2D eigenvalue weighted by atomic mass is 9.93. The van der Waals surface area contributed by atoms with Crippen LogP contribution in [0.2, 0.25) is 0 Å². The van der Waals surface area contributed by atoms with Gasteiger partial charge in [0.15, 0.2) is 0 Å². The molecule has 3 rings (SSSR count). The number of rotatable bonds is 5. The molecule has 3 heterocycles. The van der Waals surface area contributed by atoms with Crippen LogP contribution in [0.1, 0.15) is 53.4 Å². The number of likely N-dealkylation sites (tertiary alicyclic amines) is 1. The van der Waals surface area contributed by atoms with Crippen molar-refractivity contribution in [2.75, 3.05) is 6.54 Å². The number of nitrogens with zero attached hydrogens (tertiary/aromatic N) is 2. The lowest BCUT2D eigenvalue weighted by Gasteiger charge is -2.41. The third-order valence-corrected chi connectivity index (χ3v) is 6.01. The lowest BCUT2D eigenvalue weighted by molar-refractivity contribution is -0.138. The van der Waals surface area contributed by atoms with Gasteiger partial charge in [-0.3, -0.25) is 9.78 Å². The molecule has 1 aliphatic rings. The molecule has 0 saturated carbocycles. The molecule has 4 nitrogen and oxygen atoms in total. The minimum Gasteiger partial charge on any atom is -0.487 e. The maximum Gasteiger partial charge on any atom is 0.425 e. The predicted octanol–water partition coefficient (Wildman–Crippen LogP) is 6.03. The molecule has 0 bridgehead atoms. The van der Waals surface area contributed by atoms with Crippen molar-refractivity contribution in [2.24, 2.45) is 0 Å². The van der Waals surface area contributed by atoms with Gasteiger partial charge in [-0.15, -0.1) is 11.3 Å². The van der Waals surface area contributed by atoms with E-state index in [1.165, 1.54) is 10.3 Å². The van der Waals surface area contributed by atoms with E-state index < -0.39 is 46.4 Å². The van der Waals surface area contributed by atoms with Gasteiger partial charge in [-0.05, 0) is 25.3 Å². The van der Waals surface area contributed by atoms with E-state index in [4.69, 9.17) is 4.74 Å². The van der Waals surface area contributed by atoms with Crippen molar-refractivity contribution in [3.8, 4) is 5.75 Å². The summed E-state index contributed by atoms with van der Waals surface area (Å²) >= 11 is 0.504. The zero-order valence-corrected chi connectivity index (χ0v) is 17.3. The van der Waals surface area contributed by atoms with E-state index in [0.29, 0.717) is 37.0 Å². The van der Waals surface area contributed by atoms with Crippen LogP contribution in [0.15, 0.2) is 29.9 Å². The van der Waals surface area contributed by atoms with Crippen LogP contribution in [0.25, 0.3) is 0 Å². The van der Waals surface area contributed by atoms with Crippen LogP contribution in [0.3, 0.4) is 0 Å². The second kappa shape index (κ2) is 9.05. The lowest BCUT2D eigenvalue weighted by Crippen LogP contribution is -2.53. The number of hydrogen-bond acceptors (Lipinski definition) is 4. The second-order valence-corrected chi connectivity index (χ2v) is 8.13. The monoisotopic (exact) mass is 466 g/mol. The number of hydrogen-bond donors (Lipinski definition) is 0. The highest BCUT2D eigenvalue weighted by Gasteiger charge is 2.41. The van der Waals surface area contributed by atoms with Crippen LogP contribution in [-0.2, 0) is 12.4 Å². The summed E-state index contributed by atoms with van der Waals surface area (Å²) in [6, 6.07) is 1.09. The Kier molecular flexibility index (Phi) is 6.82. The Morgan fingerprint density at radius 3 is 2.61 bits per heavy atom. The molecule has 0 N–H and O–H groups in total. The molecule has 2 aromatic rings. The van der Waals surface area contributed by atoms with Crippen LogP contribution < -0.4 is 4.74 Å². The number of halogens is 6. The van der Waals surface area contributed by atoms with E-state index in [-0.39, 0.29) is 12.3 Å². The number of carbonyl (C=O) groups is 1. The van der Waals surface area contributed by atoms with Crippen LogP contribution >= 0.6 is 11.3 Å². The van der Waals surface area contributed by atoms with Gasteiger partial charge in [-0.1, -0.05) is 13.3 Å². The van der Waals surface area contributed by atoms with Crippen LogP contribution in [0, 0.1) is 0 Å². The molecule has 1 saturated heterocycles. The molecule has 2 atom stereocenters. The molecule has 0 spiro atoms. The number of piperidine rings is 1. The van der Waals surface area contributed by atoms with Gasteiger partial charge in [-0.2, -0.15) is 26.3 Å². The Bertz CT molecular complexity index is 912. The molecule has 11 heteroatoms. The van der Waals surface area contributed by atoms with Gasteiger partial charge in [0.1, 0.15) is 16.7 Å². The van der Waals surface area contributed by atoms with Crippen molar-refractivity contribution in [1.82, 2.24) is 9.88 Å². The van der Waals surface area contributed by atoms with E-state index >= 15 is 0 Å². The fourth-order valence-electron chi connectivity index (χ4n) is 3.72. The van der Waals surface area contributed by atoms with Crippen molar-refractivity contribution in [2.45, 2.75) is 57.1 Å². The Balaban J connectivity index is 1.86. The van der Waals surface area contributed by atoms with Crippen molar-refractivity contribution < 1.29 is 35.9 Å². The van der Waals surface area contributed by atoms with Crippen molar-refractivity contribution >= 4 is 17.2 Å². The van der Waals surface area contributed by atoms with Crippen LogP contribution in [-0.4, -0.2) is 34.5 Å². The zero-order valence-electron chi connectivity index (χ0n) is 16.5. The number of ether oxygens (including phenoxy) is 1. The average Bonchev–Trinajstić information content (AvgIpc) is 3.17. The molecule has 1 fully saturated rings. The molecule has 170 valence electrons. The number of amides is 1. The fourth-order valence-corrected chi connectivity index (χ4v) is 4.40. The van der Waals surface area contributed by atoms with Gasteiger partial charge >= 0.3 is 12.4 Å². The normalized spacial score (nSPS) is 20.0. The maximum atomic E-state index is 13.4. The topological polar surface area (TPSA) is 42.4 Å². The standard InChI is InChI=1S/C20H20F6N2O2S/c1-2-4-15-16(30-12-9-17(31-11-12)20(24,25)26)5-3-8-28(15)18(29)13-10-27-7-6-14(13)19(21,22)23/h6-7,9-11,15-16H,2-5,8H2,1H3. The van der Waals surface area contributed by atoms with E-state index in [1.807, 2.05) is 6.92 Å². The molecule has 1 amide bonds. The summed E-state index contributed by atoms with van der Waals surface area (Å²) in [4.78, 5) is 17.3. The van der Waals surface area contributed by atoms with Gasteiger partial charge in [0.25, 0.3) is 5.91 Å². The first-order valence-corrected chi connectivity index (χ1v) is 10.5. The zero-order chi connectivity index (χ0) is 22.8. The summed E-state index contributed by atoms with van der Waals surface area (Å²) in [5.41, 5.74) is -1.62. The van der Waals surface area contributed by atoms with Crippen LogP contribution in [0.5, 0.6) is 5.75 Å². The number of alkyl halides is 6. The van der Waals surface area contributed by atoms with Crippen molar-refractivity contribution in [3.05, 3.63) is 45.9 Å². The first kappa shape index (κ1) is 23.4. The molecule has 2 unspecified atom stereocenters. The molecular weight excluding hydrogens is 446 g/mol. The Labute approximate surface area is 178 Å². The number of thiophene rings is 1. The summed E-state index contributed by atoms with van der Waals surface area (Å²) in [7, 11) is 0. The summed E-state index contributed by atoms with van der Waals surface area (Å²) in [5.74, 6) is -0.774. The molecule has 0 aromatic carbocycles. The van der Waals surface area contributed by atoms with Gasteiger partial charge in [0.2, 0.25) is 0 Å². The largest absolute Gasteiger partial charge is 0.487 e. The Hall–Kier alpha value is -2.30. The molecule has 31 heavy (non-hydrogen) atoms. The molecular formula is C20H20F6N2O2S. The molecule has 1 aliphatic heterocycles. The van der Waals surface area contributed by atoms with Crippen LogP contribution in [0.4, 0.5) is 26.3 Å². The molecule has 2 aromatic heterocycles. The smallest absolute Gasteiger partial charge is 0.425 e. The minimum atomic E-state index is -4.72. The number of carbonyl (C=O) groups excluding carboxylic acids is 1. The van der Waals surface area contributed by atoms with Gasteiger partial charge in [0.05, 0.1) is 17.2 Å². The highest BCUT2D eigenvalue weighted by Crippen LogP contribution is 2.38. The van der Waals surface area contributed by atoms with E-state index in [1.54, 1.807) is 0 Å². The first-order valence-electron chi connectivity index (χ1n) is 9.67. The minimum absolute atomic E-state index is 0.0371. The van der Waals surface area contributed by atoms with E-state index in [2.05, 4.69) is 4.98 Å². The van der Waals surface area contributed by atoms with Crippen molar-refractivity contribution in [1.29, 1.82) is 0 Å². The third-order valence-electron chi connectivity index (χ3n) is 5.06. The van der Waals surface area contributed by atoms with Gasteiger partial charge in [-0.25, -0.2) is 0 Å². The summed E-state index contributed by atoms with van der Waals surface area (Å²) in [6.45, 7) is 2.08. The number of aromatic nitrogens is 1. The Morgan fingerprint density at radius 2 is 2.00 bits per heavy atom. The summed E-state index contributed by atoms with van der Waals surface area (Å²) in [5, 5.41) is 1.25. The van der Waals surface area contributed by atoms with E-state index in [9.17, 15) is 31.1 Å².